The van der Waals surface area contributed by atoms with E-state index in [4.69, 9.17) is 23.2 Å². The molecule has 2 heterocycles. The van der Waals surface area contributed by atoms with E-state index in [1.807, 2.05) is 0 Å². The molecular formula is C20H17Cl2N5O3S. The zero-order valence-electron chi connectivity index (χ0n) is 16.0. The van der Waals surface area contributed by atoms with Crippen LogP contribution < -0.4 is 14.9 Å². The molecule has 1 amide bonds. The van der Waals surface area contributed by atoms with Crippen LogP contribution in [0.3, 0.4) is 0 Å². The minimum Gasteiger partial charge on any atom is -0.353 e. The molecule has 3 aromatic rings. The van der Waals surface area contributed by atoms with Gasteiger partial charge in [0.25, 0.3) is 5.91 Å². The minimum absolute atomic E-state index is 0.0852. The predicted molar refractivity (Wildman–Crippen MR) is 122 cm³/mol. The lowest BCUT2D eigenvalue weighted by molar-refractivity contribution is 0.102. The molecule has 1 fully saturated rings. The van der Waals surface area contributed by atoms with Crippen molar-refractivity contribution in [2.24, 2.45) is 0 Å². The van der Waals surface area contributed by atoms with E-state index in [1.165, 1.54) is 22.8 Å². The van der Waals surface area contributed by atoms with Crippen LogP contribution in [-0.2, 0) is 10.0 Å². The fraction of sp³-hybridized carbons (Fsp3) is 0.150. The lowest BCUT2D eigenvalue weighted by Gasteiger charge is -2.18. The van der Waals surface area contributed by atoms with Gasteiger partial charge in [0.05, 0.1) is 40.1 Å². The van der Waals surface area contributed by atoms with Crippen molar-refractivity contribution in [1.82, 2.24) is 9.97 Å². The summed E-state index contributed by atoms with van der Waals surface area (Å²) in [4.78, 5) is 20.8. The van der Waals surface area contributed by atoms with Crippen molar-refractivity contribution in [2.75, 3.05) is 27.2 Å². The summed E-state index contributed by atoms with van der Waals surface area (Å²) in [7, 11) is -3.37. The second-order valence-electron chi connectivity index (χ2n) is 6.84. The molecule has 1 aromatic heterocycles. The summed E-state index contributed by atoms with van der Waals surface area (Å²) < 4.78 is 25.7. The van der Waals surface area contributed by atoms with Gasteiger partial charge in [0.1, 0.15) is 6.33 Å². The van der Waals surface area contributed by atoms with E-state index in [0.29, 0.717) is 40.7 Å². The molecule has 31 heavy (non-hydrogen) atoms. The molecule has 8 nitrogen and oxygen atoms in total. The zero-order chi connectivity index (χ0) is 22.0. The van der Waals surface area contributed by atoms with Gasteiger partial charge in [-0.1, -0.05) is 23.2 Å². The molecule has 0 spiro atoms. The molecule has 0 unspecified atom stereocenters. The van der Waals surface area contributed by atoms with E-state index in [1.54, 1.807) is 36.7 Å². The standard InChI is InChI=1S/C20H17Cl2N5O3S/c21-13-6-14(25-16-10-23-12-24-11-16)8-15(7-13)26-20(28)18-9-17(2-3-19(18)22)27-4-1-5-31(27,29)30/h2-3,6-12,25H,1,4-5H2,(H,26,28). The summed E-state index contributed by atoms with van der Waals surface area (Å²) >= 11 is 12.4. The number of anilines is 4. The average molecular weight is 478 g/mol. The molecule has 2 aromatic carbocycles. The Morgan fingerprint density at radius 3 is 2.45 bits per heavy atom. The van der Waals surface area contributed by atoms with Gasteiger partial charge in [-0.25, -0.2) is 18.4 Å². The second kappa shape index (κ2) is 8.70. The van der Waals surface area contributed by atoms with E-state index in [2.05, 4.69) is 20.6 Å². The first kappa shape index (κ1) is 21.4. The second-order valence-corrected chi connectivity index (χ2v) is 9.70. The number of carbonyl (C=O) groups is 1. The number of rotatable bonds is 5. The van der Waals surface area contributed by atoms with Crippen LogP contribution >= 0.6 is 23.2 Å². The molecule has 160 valence electrons. The van der Waals surface area contributed by atoms with Crippen LogP contribution in [0.25, 0.3) is 0 Å². The van der Waals surface area contributed by atoms with E-state index in [-0.39, 0.29) is 16.3 Å². The van der Waals surface area contributed by atoms with Gasteiger partial charge < -0.3 is 10.6 Å². The molecule has 0 bridgehead atoms. The van der Waals surface area contributed by atoms with Crippen LogP contribution in [0.15, 0.2) is 55.1 Å². The van der Waals surface area contributed by atoms with Crippen LogP contribution in [-0.4, -0.2) is 36.6 Å². The SMILES string of the molecule is O=C(Nc1cc(Cl)cc(Nc2cncnc2)c1)c1cc(N2CCCS2(=O)=O)ccc1Cl. The molecule has 1 saturated heterocycles. The molecule has 0 aliphatic carbocycles. The fourth-order valence-corrected chi connectivity index (χ4v) is 5.23. The highest BCUT2D eigenvalue weighted by Gasteiger charge is 2.29. The summed E-state index contributed by atoms with van der Waals surface area (Å²) in [6.45, 7) is 0.373. The highest BCUT2D eigenvalue weighted by molar-refractivity contribution is 7.93. The highest BCUT2D eigenvalue weighted by Crippen LogP contribution is 2.30. The number of hydrogen-bond acceptors (Lipinski definition) is 6. The normalized spacial score (nSPS) is 15.0. The first-order valence-corrected chi connectivity index (χ1v) is 11.6. The summed E-state index contributed by atoms with van der Waals surface area (Å²) in [5.74, 6) is -0.401. The summed E-state index contributed by atoms with van der Waals surface area (Å²) in [6.07, 6.45) is 5.16. The Labute approximate surface area is 189 Å². The molecule has 11 heteroatoms. The third-order valence-corrected chi connectivity index (χ3v) is 7.00. The fourth-order valence-electron chi connectivity index (χ4n) is 3.23. The van der Waals surface area contributed by atoms with E-state index < -0.39 is 15.9 Å². The Morgan fingerprint density at radius 2 is 1.74 bits per heavy atom. The first-order valence-electron chi connectivity index (χ1n) is 9.26. The number of sulfonamides is 1. The largest absolute Gasteiger partial charge is 0.353 e. The minimum atomic E-state index is -3.37. The van der Waals surface area contributed by atoms with E-state index in [9.17, 15) is 13.2 Å². The molecule has 4 rings (SSSR count). The van der Waals surface area contributed by atoms with Crippen molar-refractivity contribution in [3.05, 3.63) is 70.7 Å². The monoisotopic (exact) mass is 477 g/mol. The number of nitrogens with zero attached hydrogens (tertiary/aromatic N) is 3. The number of amides is 1. The van der Waals surface area contributed by atoms with Crippen molar-refractivity contribution in [3.8, 4) is 0 Å². The predicted octanol–water partition coefficient (Wildman–Crippen LogP) is 4.32. The van der Waals surface area contributed by atoms with Crippen molar-refractivity contribution in [2.45, 2.75) is 6.42 Å². The quantitative estimate of drug-likeness (QED) is 0.566. The smallest absolute Gasteiger partial charge is 0.257 e. The van der Waals surface area contributed by atoms with Gasteiger partial charge in [-0.05, 0) is 42.8 Å². The van der Waals surface area contributed by atoms with Gasteiger partial charge in [-0.2, -0.15) is 0 Å². The molecule has 0 radical (unpaired) electrons. The van der Waals surface area contributed by atoms with Gasteiger partial charge in [-0.3, -0.25) is 9.10 Å². The van der Waals surface area contributed by atoms with Crippen LogP contribution in [0.1, 0.15) is 16.8 Å². The molecule has 0 saturated carbocycles. The number of halogens is 2. The van der Waals surface area contributed by atoms with E-state index >= 15 is 0 Å². The number of benzene rings is 2. The Balaban J connectivity index is 1.58. The average Bonchev–Trinajstić information content (AvgIpc) is 3.07. The van der Waals surface area contributed by atoms with Gasteiger partial charge in [0.2, 0.25) is 10.0 Å². The van der Waals surface area contributed by atoms with Gasteiger partial charge in [0.15, 0.2) is 0 Å². The summed E-state index contributed by atoms with van der Waals surface area (Å²) in [5, 5.41) is 6.47. The maximum Gasteiger partial charge on any atom is 0.257 e. The van der Waals surface area contributed by atoms with E-state index in [0.717, 1.165) is 0 Å². The number of carbonyl (C=O) groups excluding carboxylic acids is 1. The molecule has 1 aliphatic heterocycles. The summed E-state index contributed by atoms with van der Waals surface area (Å²) in [6, 6.07) is 9.56. The Bertz CT molecular complexity index is 1240. The lowest BCUT2D eigenvalue weighted by Crippen LogP contribution is -2.25. The highest BCUT2D eigenvalue weighted by atomic mass is 35.5. The lowest BCUT2D eigenvalue weighted by atomic mass is 10.1. The molecular weight excluding hydrogens is 461 g/mol. The van der Waals surface area contributed by atoms with Gasteiger partial charge in [-0.15, -0.1) is 0 Å². The van der Waals surface area contributed by atoms with Gasteiger partial charge >= 0.3 is 0 Å². The summed E-state index contributed by atoms with van der Waals surface area (Å²) in [5.41, 5.74) is 2.29. The maximum absolute atomic E-state index is 12.9. The van der Waals surface area contributed by atoms with Crippen molar-refractivity contribution in [3.63, 3.8) is 0 Å². The Morgan fingerprint density at radius 1 is 1.00 bits per heavy atom. The first-order chi connectivity index (χ1) is 14.8. The number of nitrogens with one attached hydrogen (secondary N) is 2. The molecule has 0 atom stereocenters. The van der Waals surface area contributed by atoms with Crippen molar-refractivity contribution >= 4 is 61.9 Å². The molecule has 2 N–H and O–H groups in total. The maximum atomic E-state index is 12.9. The number of hydrogen-bond donors (Lipinski definition) is 2. The van der Waals surface area contributed by atoms with Crippen molar-refractivity contribution in [1.29, 1.82) is 0 Å². The van der Waals surface area contributed by atoms with Crippen LogP contribution in [0, 0.1) is 0 Å². The van der Waals surface area contributed by atoms with Crippen LogP contribution in [0.5, 0.6) is 0 Å². The van der Waals surface area contributed by atoms with Crippen molar-refractivity contribution < 1.29 is 13.2 Å². The Kier molecular flexibility index (Phi) is 5.99. The van der Waals surface area contributed by atoms with Crippen LogP contribution in [0.4, 0.5) is 22.7 Å². The third-order valence-electron chi connectivity index (χ3n) is 4.59. The zero-order valence-corrected chi connectivity index (χ0v) is 18.4. The topological polar surface area (TPSA) is 104 Å². The third kappa shape index (κ3) is 4.90. The molecule has 1 aliphatic rings. The van der Waals surface area contributed by atoms with Crippen LogP contribution in [0.2, 0.25) is 10.0 Å². The van der Waals surface area contributed by atoms with Gasteiger partial charge in [0, 0.05) is 22.9 Å². The Hall–Kier alpha value is -2.88. The number of aromatic nitrogens is 2.